The Hall–Kier alpha value is -2.97. The van der Waals surface area contributed by atoms with Crippen LogP contribution in [0.15, 0.2) is 29.5 Å². The number of aromatic nitrogens is 2. The molecule has 1 aliphatic carbocycles. The molecule has 1 saturated carbocycles. The highest BCUT2D eigenvalue weighted by Crippen LogP contribution is 2.40. The molecule has 1 saturated heterocycles. The van der Waals surface area contributed by atoms with Crippen LogP contribution in [0, 0.1) is 5.92 Å². The average Bonchev–Trinajstić information content (AvgIpc) is 3.31. The zero-order valence-electron chi connectivity index (χ0n) is 16.7. The predicted octanol–water partition coefficient (Wildman–Crippen LogP) is 2.91. The molecule has 1 aliphatic heterocycles. The fourth-order valence-corrected chi connectivity index (χ4v) is 3.64. The first-order chi connectivity index (χ1) is 14.4. The number of ether oxygens (including phenoxy) is 1. The summed E-state index contributed by atoms with van der Waals surface area (Å²) in [6.45, 7) is 1.99. The molecule has 0 radical (unpaired) electrons. The maximum absolute atomic E-state index is 12.2. The highest BCUT2D eigenvalue weighted by atomic mass is 19.3. The molecule has 0 spiro atoms. The van der Waals surface area contributed by atoms with E-state index >= 15 is 0 Å². The Labute approximate surface area is 173 Å². The summed E-state index contributed by atoms with van der Waals surface area (Å²) in [5, 5.41) is 2.84. The summed E-state index contributed by atoms with van der Waals surface area (Å²) in [6, 6.07) is 4.12. The van der Waals surface area contributed by atoms with Gasteiger partial charge in [-0.05, 0) is 38.0 Å². The van der Waals surface area contributed by atoms with Gasteiger partial charge in [-0.25, -0.2) is 13.8 Å². The maximum Gasteiger partial charge on any atom is 0.257 e. The molecule has 4 rings (SSSR count). The normalized spacial score (nSPS) is 21.0. The van der Waals surface area contributed by atoms with Crippen LogP contribution in [-0.4, -0.2) is 47.3 Å². The van der Waals surface area contributed by atoms with E-state index in [0.29, 0.717) is 36.0 Å². The van der Waals surface area contributed by atoms with E-state index in [2.05, 4.69) is 19.9 Å². The number of fused-ring (bicyclic) bond motifs is 1. The van der Waals surface area contributed by atoms with E-state index in [0.717, 1.165) is 23.9 Å². The van der Waals surface area contributed by atoms with Gasteiger partial charge in [-0.1, -0.05) is 0 Å². The number of aliphatic imine (C=N–C) groups is 1. The van der Waals surface area contributed by atoms with Crippen LogP contribution in [0.5, 0.6) is 5.75 Å². The van der Waals surface area contributed by atoms with Gasteiger partial charge in [-0.15, -0.1) is 0 Å². The lowest BCUT2D eigenvalue weighted by Crippen LogP contribution is -2.26. The van der Waals surface area contributed by atoms with E-state index in [9.17, 15) is 13.6 Å². The molecule has 160 valence electrons. The van der Waals surface area contributed by atoms with E-state index in [1.165, 1.54) is 12.3 Å². The van der Waals surface area contributed by atoms with E-state index in [1.54, 1.807) is 0 Å². The third kappa shape index (κ3) is 4.44. The van der Waals surface area contributed by atoms with Crippen LogP contribution in [0.1, 0.15) is 37.8 Å². The minimum absolute atomic E-state index is 0.0348. The molecule has 2 atom stereocenters. The Morgan fingerprint density at radius 3 is 2.93 bits per heavy atom. The zero-order valence-corrected chi connectivity index (χ0v) is 16.7. The SMILES string of the molecule is C[C@@H](Oc1cc(C(N)=CC=NCC(F)F)cc2ncn(C3CC3)c12)[C@H]1CNC(=O)C1. The van der Waals surface area contributed by atoms with Crippen LogP contribution >= 0.6 is 0 Å². The topological polar surface area (TPSA) is 94.5 Å². The lowest BCUT2D eigenvalue weighted by Gasteiger charge is -2.21. The number of amides is 1. The molecule has 2 heterocycles. The van der Waals surface area contributed by atoms with Crippen molar-refractivity contribution in [2.45, 2.75) is 44.8 Å². The second kappa shape index (κ2) is 8.41. The lowest BCUT2D eigenvalue weighted by molar-refractivity contribution is -0.119. The van der Waals surface area contributed by atoms with Gasteiger partial charge in [0.15, 0.2) is 0 Å². The number of nitrogens with zero attached hydrogens (tertiary/aromatic N) is 3. The highest BCUT2D eigenvalue weighted by Gasteiger charge is 2.30. The third-order valence-electron chi connectivity index (χ3n) is 5.50. The molecule has 2 aromatic rings. The molecule has 1 amide bonds. The number of nitrogens with two attached hydrogens (primary N) is 1. The molecule has 1 aromatic carbocycles. The maximum atomic E-state index is 12.2. The Kier molecular flexibility index (Phi) is 5.69. The first-order valence-electron chi connectivity index (χ1n) is 10.1. The number of carbonyl (C=O) groups excluding carboxylic acids is 1. The summed E-state index contributed by atoms with van der Waals surface area (Å²) in [6.07, 6.45) is 4.57. The van der Waals surface area contributed by atoms with Gasteiger partial charge in [0.2, 0.25) is 5.91 Å². The van der Waals surface area contributed by atoms with E-state index < -0.39 is 13.0 Å². The minimum Gasteiger partial charge on any atom is -0.488 e. The molecule has 2 aliphatic rings. The summed E-state index contributed by atoms with van der Waals surface area (Å²) in [5.74, 6) is 0.773. The number of rotatable bonds is 8. The average molecular weight is 417 g/mol. The first kappa shape index (κ1) is 20.3. The summed E-state index contributed by atoms with van der Waals surface area (Å²) in [5.41, 5.74) is 8.88. The zero-order chi connectivity index (χ0) is 21.3. The number of hydrogen-bond donors (Lipinski definition) is 2. The molecule has 1 aromatic heterocycles. The molecule has 2 fully saturated rings. The van der Waals surface area contributed by atoms with Crippen molar-refractivity contribution in [2.75, 3.05) is 13.1 Å². The van der Waals surface area contributed by atoms with Crippen molar-refractivity contribution in [1.82, 2.24) is 14.9 Å². The first-order valence-corrected chi connectivity index (χ1v) is 10.1. The van der Waals surface area contributed by atoms with Crippen LogP contribution in [0.3, 0.4) is 0 Å². The standard InChI is InChI=1S/C21H25F2N5O2/c1-12(14-8-20(29)26-9-14)30-18-7-13(16(24)4-5-25-10-19(22)23)6-17-21(18)28(11-27-17)15-2-3-15/h4-7,11-12,14-15,19H,2-3,8-10,24H2,1H3,(H,26,29)/t12-,14-/m1/s1. The Balaban J connectivity index is 1.65. The van der Waals surface area contributed by atoms with Crippen LogP contribution < -0.4 is 15.8 Å². The largest absolute Gasteiger partial charge is 0.488 e. The Morgan fingerprint density at radius 2 is 2.27 bits per heavy atom. The molecule has 3 N–H and O–H groups in total. The van der Waals surface area contributed by atoms with Crippen LogP contribution in [-0.2, 0) is 4.79 Å². The molecule has 30 heavy (non-hydrogen) atoms. The van der Waals surface area contributed by atoms with E-state index in [4.69, 9.17) is 10.5 Å². The van der Waals surface area contributed by atoms with Gasteiger partial charge in [0, 0.05) is 42.4 Å². The molecule has 0 bridgehead atoms. The van der Waals surface area contributed by atoms with Crippen molar-refractivity contribution in [2.24, 2.45) is 16.6 Å². The highest BCUT2D eigenvalue weighted by molar-refractivity contribution is 5.90. The van der Waals surface area contributed by atoms with Gasteiger partial charge in [-0.3, -0.25) is 9.79 Å². The fourth-order valence-electron chi connectivity index (χ4n) is 3.64. The minimum atomic E-state index is -2.49. The number of hydrogen-bond acceptors (Lipinski definition) is 5. The summed E-state index contributed by atoms with van der Waals surface area (Å²) >= 11 is 0. The van der Waals surface area contributed by atoms with Gasteiger partial charge in [-0.2, -0.15) is 0 Å². The Bertz CT molecular complexity index is 997. The van der Waals surface area contributed by atoms with Crippen molar-refractivity contribution >= 4 is 28.9 Å². The van der Waals surface area contributed by atoms with Gasteiger partial charge in [0.05, 0.1) is 18.4 Å². The van der Waals surface area contributed by atoms with Crippen molar-refractivity contribution in [3.8, 4) is 5.75 Å². The summed E-state index contributed by atoms with van der Waals surface area (Å²) < 4.78 is 32.9. The van der Waals surface area contributed by atoms with Crippen LogP contribution in [0.25, 0.3) is 16.7 Å². The second-order valence-electron chi connectivity index (χ2n) is 7.84. The molecule has 7 nitrogen and oxygen atoms in total. The van der Waals surface area contributed by atoms with Gasteiger partial charge >= 0.3 is 0 Å². The fraction of sp³-hybridized carbons (Fsp3) is 0.476. The second-order valence-corrected chi connectivity index (χ2v) is 7.84. The molecular weight excluding hydrogens is 392 g/mol. The number of nitrogens with one attached hydrogen (secondary N) is 1. The lowest BCUT2D eigenvalue weighted by atomic mass is 10.0. The number of benzene rings is 1. The number of allylic oxidation sites excluding steroid dienone is 1. The van der Waals surface area contributed by atoms with Crippen molar-refractivity contribution in [3.05, 3.63) is 30.1 Å². The number of halogens is 2. The number of carbonyl (C=O) groups is 1. The van der Waals surface area contributed by atoms with Crippen molar-refractivity contribution < 1.29 is 18.3 Å². The number of alkyl halides is 2. The quantitative estimate of drug-likeness (QED) is 0.646. The van der Waals surface area contributed by atoms with Crippen molar-refractivity contribution in [1.29, 1.82) is 0 Å². The van der Waals surface area contributed by atoms with E-state index in [-0.39, 0.29) is 17.9 Å². The predicted molar refractivity (Wildman–Crippen MR) is 111 cm³/mol. The van der Waals surface area contributed by atoms with Gasteiger partial charge in [0.1, 0.15) is 17.4 Å². The monoisotopic (exact) mass is 417 g/mol. The van der Waals surface area contributed by atoms with E-state index in [1.807, 2.05) is 25.4 Å². The van der Waals surface area contributed by atoms with Crippen LogP contribution in [0.2, 0.25) is 0 Å². The Morgan fingerprint density at radius 1 is 1.47 bits per heavy atom. The van der Waals surface area contributed by atoms with Crippen LogP contribution in [0.4, 0.5) is 8.78 Å². The van der Waals surface area contributed by atoms with Crippen molar-refractivity contribution in [3.63, 3.8) is 0 Å². The number of imidazole rings is 1. The van der Waals surface area contributed by atoms with Gasteiger partial charge in [0.25, 0.3) is 6.43 Å². The van der Waals surface area contributed by atoms with Gasteiger partial charge < -0.3 is 20.4 Å². The molecule has 0 unspecified atom stereocenters. The summed E-state index contributed by atoms with van der Waals surface area (Å²) in [4.78, 5) is 19.7. The smallest absolute Gasteiger partial charge is 0.257 e. The third-order valence-corrected chi connectivity index (χ3v) is 5.50. The molecular formula is C21H25F2N5O2. The summed E-state index contributed by atoms with van der Waals surface area (Å²) in [7, 11) is 0. The molecule has 9 heteroatoms.